The molecular formula is C18H11ClO4. The topological polar surface area (TPSA) is 56.5 Å². The van der Waals surface area contributed by atoms with Gasteiger partial charge in [-0.2, -0.15) is 0 Å². The van der Waals surface area contributed by atoms with Gasteiger partial charge >= 0.3 is 11.6 Å². The fourth-order valence-corrected chi connectivity index (χ4v) is 3.04. The van der Waals surface area contributed by atoms with Crippen molar-refractivity contribution in [2.75, 3.05) is 0 Å². The molecule has 0 saturated carbocycles. The average molecular weight is 327 g/mol. The van der Waals surface area contributed by atoms with Gasteiger partial charge in [-0.1, -0.05) is 41.9 Å². The number of rotatable bonds is 1. The van der Waals surface area contributed by atoms with E-state index in [0.29, 0.717) is 22.6 Å². The molecule has 1 aromatic heterocycles. The lowest BCUT2D eigenvalue weighted by atomic mass is 9.93. The summed E-state index contributed by atoms with van der Waals surface area (Å²) in [5.74, 6) is -0.647. The van der Waals surface area contributed by atoms with Gasteiger partial charge in [-0.3, -0.25) is 0 Å². The van der Waals surface area contributed by atoms with E-state index in [9.17, 15) is 9.59 Å². The zero-order valence-electron chi connectivity index (χ0n) is 11.9. The maximum Gasteiger partial charge on any atom is 0.351 e. The first-order valence-corrected chi connectivity index (χ1v) is 7.52. The van der Waals surface area contributed by atoms with Crippen molar-refractivity contribution in [2.24, 2.45) is 0 Å². The van der Waals surface area contributed by atoms with Gasteiger partial charge in [0.05, 0.1) is 0 Å². The van der Waals surface area contributed by atoms with Crippen LogP contribution in [0.15, 0.2) is 57.7 Å². The second-order valence-electron chi connectivity index (χ2n) is 5.39. The van der Waals surface area contributed by atoms with Crippen molar-refractivity contribution in [3.63, 3.8) is 0 Å². The fraction of sp³-hybridized carbons (Fsp3) is 0.111. The van der Waals surface area contributed by atoms with E-state index < -0.39 is 17.7 Å². The summed E-state index contributed by atoms with van der Waals surface area (Å²) in [6.45, 7) is 0. The van der Waals surface area contributed by atoms with E-state index in [1.807, 2.05) is 24.3 Å². The van der Waals surface area contributed by atoms with Crippen LogP contribution in [0.5, 0.6) is 0 Å². The normalized spacial score (nSPS) is 16.9. The highest BCUT2D eigenvalue weighted by atomic mass is 35.5. The Hall–Kier alpha value is -2.59. The summed E-state index contributed by atoms with van der Waals surface area (Å²) in [4.78, 5) is 24.4. The SMILES string of the molecule is O=C1OC(c2ccc(Cl)cc2)Cc2c1c(=O)oc1ccccc21. The summed E-state index contributed by atoms with van der Waals surface area (Å²) in [5.41, 5.74) is 1.33. The van der Waals surface area contributed by atoms with Gasteiger partial charge in [-0.05, 0) is 29.3 Å². The van der Waals surface area contributed by atoms with Gasteiger partial charge in [0.25, 0.3) is 0 Å². The van der Waals surface area contributed by atoms with Crippen LogP contribution in [0.1, 0.15) is 27.6 Å². The molecule has 5 heteroatoms. The van der Waals surface area contributed by atoms with Crippen LogP contribution in [0, 0.1) is 0 Å². The molecule has 1 aliphatic heterocycles. The summed E-state index contributed by atoms with van der Waals surface area (Å²) in [6.07, 6.45) is -0.0214. The zero-order chi connectivity index (χ0) is 16.0. The highest BCUT2D eigenvalue weighted by Gasteiger charge is 2.32. The smallest absolute Gasteiger partial charge is 0.351 e. The fourth-order valence-electron chi connectivity index (χ4n) is 2.91. The third-order valence-corrected chi connectivity index (χ3v) is 4.26. The van der Waals surface area contributed by atoms with Crippen LogP contribution in [-0.4, -0.2) is 5.97 Å². The molecule has 1 aliphatic rings. The Bertz CT molecular complexity index is 972. The predicted octanol–water partition coefficient (Wildman–Crippen LogP) is 3.90. The third kappa shape index (κ3) is 2.32. The molecule has 1 unspecified atom stereocenters. The van der Waals surface area contributed by atoms with Crippen LogP contribution in [0.2, 0.25) is 5.02 Å². The molecule has 0 N–H and O–H groups in total. The molecule has 1 atom stereocenters. The van der Waals surface area contributed by atoms with Gasteiger partial charge in [0.15, 0.2) is 0 Å². The van der Waals surface area contributed by atoms with Gasteiger partial charge in [-0.25, -0.2) is 9.59 Å². The molecule has 0 aliphatic carbocycles. The lowest BCUT2D eigenvalue weighted by Crippen LogP contribution is -2.28. The van der Waals surface area contributed by atoms with Crippen LogP contribution in [0.3, 0.4) is 0 Å². The quantitative estimate of drug-likeness (QED) is 0.502. The molecule has 0 saturated heterocycles. The molecule has 0 radical (unpaired) electrons. The van der Waals surface area contributed by atoms with Crippen molar-refractivity contribution in [3.05, 3.63) is 80.7 Å². The van der Waals surface area contributed by atoms with Crippen molar-refractivity contribution in [1.29, 1.82) is 0 Å². The van der Waals surface area contributed by atoms with Crippen molar-refractivity contribution >= 4 is 28.5 Å². The minimum atomic E-state index is -0.654. The third-order valence-electron chi connectivity index (χ3n) is 4.01. The molecule has 2 heterocycles. The first-order valence-electron chi connectivity index (χ1n) is 7.14. The molecule has 3 aromatic rings. The number of para-hydroxylation sites is 1. The largest absolute Gasteiger partial charge is 0.453 e. The first kappa shape index (κ1) is 14.0. The molecule has 0 bridgehead atoms. The second-order valence-corrected chi connectivity index (χ2v) is 5.83. The maximum absolute atomic E-state index is 12.3. The van der Waals surface area contributed by atoms with E-state index in [4.69, 9.17) is 20.8 Å². The summed E-state index contributed by atoms with van der Waals surface area (Å²) in [7, 11) is 0. The number of hydrogen-bond donors (Lipinski definition) is 0. The Kier molecular flexibility index (Phi) is 3.20. The van der Waals surface area contributed by atoms with Gasteiger partial charge in [0.1, 0.15) is 17.3 Å². The van der Waals surface area contributed by atoms with Gasteiger partial charge in [0, 0.05) is 16.8 Å². The number of halogens is 1. The average Bonchev–Trinajstić information content (AvgIpc) is 2.55. The standard InChI is InChI=1S/C18H11ClO4/c19-11-7-5-10(6-8-11)15-9-13-12-3-1-2-4-14(12)22-17(20)16(13)18(21)23-15/h1-8,15H,9H2. The van der Waals surface area contributed by atoms with Crippen molar-refractivity contribution in [2.45, 2.75) is 12.5 Å². The molecule has 114 valence electrons. The Labute approximate surface area is 136 Å². The van der Waals surface area contributed by atoms with Crippen LogP contribution < -0.4 is 5.63 Å². The summed E-state index contributed by atoms with van der Waals surface area (Å²) in [6, 6.07) is 14.3. The Balaban J connectivity index is 1.89. The Morgan fingerprint density at radius 1 is 1.00 bits per heavy atom. The van der Waals surface area contributed by atoms with Gasteiger partial charge in [0.2, 0.25) is 0 Å². The molecule has 0 spiro atoms. The Morgan fingerprint density at radius 2 is 1.74 bits per heavy atom. The summed E-state index contributed by atoms with van der Waals surface area (Å²) >= 11 is 5.90. The Morgan fingerprint density at radius 3 is 2.52 bits per heavy atom. The van der Waals surface area contributed by atoms with E-state index in [1.165, 1.54) is 0 Å². The van der Waals surface area contributed by atoms with Crippen LogP contribution in [0.25, 0.3) is 11.0 Å². The maximum atomic E-state index is 12.3. The molecule has 2 aromatic carbocycles. The second kappa shape index (κ2) is 5.25. The van der Waals surface area contributed by atoms with E-state index >= 15 is 0 Å². The number of esters is 1. The lowest BCUT2D eigenvalue weighted by molar-refractivity contribution is 0.0248. The van der Waals surface area contributed by atoms with Gasteiger partial charge in [-0.15, -0.1) is 0 Å². The lowest BCUT2D eigenvalue weighted by Gasteiger charge is -2.25. The molecule has 4 nitrogen and oxygen atoms in total. The number of ether oxygens (including phenoxy) is 1. The van der Waals surface area contributed by atoms with Crippen LogP contribution in [-0.2, 0) is 11.2 Å². The van der Waals surface area contributed by atoms with E-state index in [1.54, 1.807) is 24.3 Å². The molecule has 0 amide bonds. The van der Waals surface area contributed by atoms with E-state index in [2.05, 4.69) is 0 Å². The number of fused-ring (bicyclic) bond motifs is 3. The highest BCUT2D eigenvalue weighted by molar-refractivity contribution is 6.30. The molecular weight excluding hydrogens is 316 g/mol. The monoisotopic (exact) mass is 326 g/mol. The summed E-state index contributed by atoms with van der Waals surface area (Å²) < 4.78 is 10.6. The molecule has 23 heavy (non-hydrogen) atoms. The first-order chi connectivity index (χ1) is 11.1. The van der Waals surface area contributed by atoms with Crippen molar-refractivity contribution in [1.82, 2.24) is 0 Å². The van der Waals surface area contributed by atoms with E-state index in [-0.39, 0.29) is 5.56 Å². The highest BCUT2D eigenvalue weighted by Crippen LogP contribution is 2.33. The number of carbonyl (C=O) groups excluding carboxylic acids is 1. The number of carbonyl (C=O) groups is 1. The van der Waals surface area contributed by atoms with Crippen molar-refractivity contribution < 1.29 is 13.9 Å². The number of hydrogen-bond acceptors (Lipinski definition) is 4. The van der Waals surface area contributed by atoms with Crippen molar-refractivity contribution in [3.8, 4) is 0 Å². The predicted molar refractivity (Wildman–Crippen MR) is 85.8 cm³/mol. The van der Waals surface area contributed by atoms with Gasteiger partial charge < -0.3 is 9.15 Å². The minimum Gasteiger partial charge on any atom is -0.453 e. The number of cyclic esters (lactones) is 1. The summed E-state index contributed by atoms with van der Waals surface area (Å²) in [5, 5.41) is 1.38. The molecule has 0 fully saturated rings. The van der Waals surface area contributed by atoms with Crippen LogP contribution in [0.4, 0.5) is 0 Å². The van der Waals surface area contributed by atoms with E-state index in [0.717, 1.165) is 10.9 Å². The van der Waals surface area contributed by atoms with Crippen LogP contribution >= 0.6 is 11.6 Å². The zero-order valence-corrected chi connectivity index (χ0v) is 12.7. The molecule has 4 rings (SSSR count). The minimum absolute atomic E-state index is 0.00564. The number of benzene rings is 2.